The summed E-state index contributed by atoms with van der Waals surface area (Å²) < 4.78 is 5.77. The number of aromatic nitrogens is 4. The van der Waals surface area contributed by atoms with Gasteiger partial charge in [-0.15, -0.1) is 5.10 Å². The van der Waals surface area contributed by atoms with Gasteiger partial charge in [-0.2, -0.15) is 5.26 Å². The van der Waals surface area contributed by atoms with E-state index in [1.807, 2.05) is 18.2 Å². The Balaban J connectivity index is 1.50. The summed E-state index contributed by atoms with van der Waals surface area (Å²) in [6.45, 7) is 4.04. The Morgan fingerprint density at radius 2 is 2.11 bits per heavy atom. The highest BCUT2D eigenvalue weighted by molar-refractivity contribution is 5.77. The van der Waals surface area contributed by atoms with Crippen LogP contribution in [0.4, 0.5) is 5.82 Å². The van der Waals surface area contributed by atoms with Crippen LogP contribution in [-0.4, -0.2) is 38.8 Å². The average molecular weight is 363 g/mol. The van der Waals surface area contributed by atoms with E-state index in [1.165, 1.54) is 0 Å². The lowest BCUT2D eigenvalue weighted by Crippen LogP contribution is -2.48. The predicted octanol–water partition coefficient (Wildman–Crippen LogP) is 2.12. The largest absolute Gasteiger partial charge is 0.470 e. The highest BCUT2D eigenvalue weighted by Gasteiger charge is 2.27. The van der Waals surface area contributed by atoms with E-state index in [9.17, 15) is 5.26 Å². The van der Waals surface area contributed by atoms with Gasteiger partial charge in [-0.25, -0.2) is 9.97 Å². The van der Waals surface area contributed by atoms with Crippen molar-refractivity contribution in [1.82, 2.24) is 20.2 Å². The molecule has 0 unspecified atom stereocenters. The fourth-order valence-electron chi connectivity index (χ4n) is 3.17. The minimum Gasteiger partial charge on any atom is -0.470 e. The Kier molecular flexibility index (Phi) is 4.38. The molecule has 4 rings (SSSR count). The molecule has 3 heterocycles. The van der Waals surface area contributed by atoms with Crippen molar-refractivity contribution >= 4 is 17.0 Å². The molecule has 1 fully saturated rings. The molecule has 2 aromatic heterocycles. The summed E-state index contributed by atoms with van der Waals surface area (Å²) in [6, 6.07) is 9.48. The van der Waals surface area contributed by atoms with Gasteiger partial charge >= 0.3 is 0 Å². The lowest BCUT2D eigenvalue weighted by molar-refractivity contribution is 0.296. The van der Waals surface area contributed by atoms with E-state index in [2.05, 4.69) is 38.1 Å². The Morgan fingerprint density at radius 1 is 1.33 bits per heavy atom. The van der Waals surface area contributed by atoms with Crippen LogP contribution < -0.4 is 15.4 Å². The van der Waals surface area contributed by atoms with Crippen molar-refractivity contribution in [3.8, 4) is 11.9 Å². The second-order valence-corrected chi connectivity index (χ2v) is 7.15. The van der Waals surface area contributed by atoms with Crippen LogP contribution in [0.25, 0.3) is 11.2 Å². The van der Waals surface area contributed by atoms with E-state index in [0.717, 1.165) is 37.3 Å². The van der Waals surface area contributed by atoms with Crippen LogP contribution in [0.2, 0.25) is 0 Å². The lowest BCUT2D eigenvalue weighted by atomic mass is 9.91. The maximum atomic E-state index is 9.17. The van der Waals surface area contributed by atoms with Crippen LogP contribution in [-0.2, 0) is 6.61 Å². The number of benzene rings is 1. The standard InChI is InChI=1S/C19H21N7O/c1-19(21)6-8-26(9-7-19)15-11-22-16-17(23-15)24-25-18(16)27-12-14-5-3-2-4-13(14)10-20/h2-5,11H,6-9,12,21H2,1H3,(H,23,24,25). The Hall–Kier alpha value is -3.18. The van der Waals surface area contributed by atoms with E-state index in [1.54, 1.807) is 12.3 Å². The molecule has 1 aliphatic heterocycles. The molecule has 0 radical (unpaired) electrons. The average Bonchev–Trinajstić information content (AvgIpc) is 3.09. The van der Waals surface area contributed by atoms with E-state index in [-0.39, 0.29) is 12.1 Å². The monoisotopic (exact) mass is 363 g/mol. The molecule has 138 valence electrons. The molecular formula is C19H21N7O. The van der Waals surface area contributed by atoms with Gasteiger partial charge in [0.05, 0.1) is 17.8 Å². The van der Waals surface area contributed by atoms with Crippen LogP contribution in [0.5, 0.6) is 5.88 Å². The maximum absolute atomic E-state index is 9.17. The molecule has 1 aromatic carbocycles. The first kappa shape index (κ1) is 17.2. The number of anilines is 1. The molecule has 27 heavy (non-hydrogen) atoms. The second kappa shape index (κ2) is 6.85. The number of fused-ring (bicyclic) bond motifs is 1. The van der Waals surface area contributed by atoms with Gasteiger partial charge in [0.1, 0.15) is 12.4 Å². The zero-order chi connectivity index (χ0) is 18.9. The number of hydrogen-bond donors (Lipinski definition) is 2. The predicted molar refractivity (Wildman–Crippen MR) is 101 cm³/mol. The molecule has 0 saturated carbocycles. The number of H-pyrrole nitrogens is 1. The summed E-state index contributed by atoms with van der Waals surface area (Å²) >= 11 is 0. The Labute approximate surface area is 157 Å². The fourth-order valence-corrected chi connectivity index (χ4v) is 3.17. The van der Waals surface area contributed by atoms with Crippen molar-refractivity contribution in [3.05, 3.63) is 41.6 Å². The van der Waals surface area contributed by atoms with Gasteiger partial charge in [-0.3, -0.25) is 5.10 Å². The SMILES string of the molecule is CC1(N)CCN(c2cnc3c(OCc4ccccc4C#N)n[nH]c3n2)CC1. The number of aromatic amines is 1. The highest BCUT2D eigenvalue weighted by Crippen LogP contribution is 2.26. The normalized spacial score (nSPS) is 16.3. The van der Waals surface area contributed by atoms with Crippen LogP contribution in [0, 0.1) is 11.3 Å². The summed E-state index contributed by atoms with van der Waals surface area (Å²) in [5.74, 6) is 1.19. The van der Waals surface area contributed by atoms with E-state index >= 15 is 0 Å². The van der Waals surface area contributed by atoms with E-state index in [0.29, 0.717) is 22.6 Å². The van der Waals surface area contributed by atoms with Crippen LogP contribution in [0.3, 0.4) is 0 Å². The smallest absolute Gasteiger partial charge is 0.261 e. The molecule has 1 saturated heterocycles. The molecule has 3 N–H and O–H groups in total. The number of nitriles is 1. The minimum absolute atomic E-state index is 0.108. The summed E-state index contributed by atoms with van der Waals surface area (Å²) in [5, 5.41) is 16.2. The van der Waals surface area contributed by atoms with Crippen molar-refractivity contribution in [2.24, 2.45) is 5.73 Å². The van der Waals surface area contributed by atoms with Crippen molar-refractivity contribution in [2.75, 3.05) is 18.0 Å². The minimum atomic E-state index is -0.108. The van der Waals surface area contributed by atoms with Crippen LogP contribution >= 0.6 is 0 Å². The van der Waals surface area contributed by atoms with Crippen molar-refractivity contribution in [3.63, 3.8) is 0 Å². The van der Waals surface area contributed by atoms with Crippen LogP contribution in [0.15, 0.2) is 30.5 Å². The molecule has 0 spiro atoms. The number of piperidine rings is 1. The summed E-state index contributed by atoms with van der Waals surface area (Å²) in [6.07, 6.45) is 3.58. The quantitative estimate of drug-likeness (QED) is 0.729. The molecular weight excluding hydrogens is 342 g/mol. The van der Waals surface area contributed by atoms with Gasteiger partial charge in [-0.05, 0) is 25.8 Å². The Morgan fingerprint density at radius 3 is 2.89 bits per heavy atom. The van der Waals surface area contributed by atoms with Gasteiger partial charge in [0.25, 0.3) is 5.88 Å². The van der Waals surface area contributed by atoms with E-state index in [4.69, 9.17) is 10.5 Å². The molecule has 0 aliphatic carbocycles. The number of nitrogens with zero attached hydrogens (tertiary/aromatic N) is 5. The molecule has 0 atom stereocenters. The van der Waals surface area contributed by atoms with Gasteiger partial charge in [0, 0.05) is 24.2 Å². The Bertz CT molecular complexity index is 995. The first-order chi connectivity index (χ1) is 13.1. The molecule has 8 heteroatoms. The van der Waals surface area contributed by atoms with Gasteiger partial charge in [-0.1, -0.05) is 18.2 Å². The van der Waals surface area contributed by atoms with E-state index < -0.39 is 0 Å². The maximum Gasteiger partial charge on any atom is 0.261 e. The molecule has 8 nitrogen and oxygen atoms in total. The van der Waals surface area contributed by atoms with Crippen molar-refractivity contribution < 1.29 is 4.74 Å². The number of rotatable bonds is 4. The van der Waals surface area contributed by atoms with Gasteiger partial charge in [0.15, 0.2) is 11.2 Å². The number of nitrogens with one attached hydrogen (secondary N) is 1. The molecule has 1 aliphatic rings. The topological polar surface area (TPSA) is 117 Å². The third-order valence-corrected chi connectivity index (χ3v) is 4.96. The third kappa shape index (κ3) is 3.55. The highest BCUT2D eigenvalue weighted by atomic mass is 16.5. The van der Waals surface area contributed by atoms with Gasteiger partial charge in [0.2, 0.25) is 0 Å². The lowest BCUT2D eigenvalue weighted by Gasteiger charge is -2.37. The third-order valence-electron chi connectivity index (χ3n) is 4.96. The number of hydrogen-bond acceptors (Lipinski definition) is 7. The fraction of sp³-hybridized carbons (Fsp3) is 0.368. The molecule has 0 bridgehead atoms. The summed E-state index contributed by atoms with van der Waals surface area (Å²) in [4.78, 5) is 11.3. The first-order valence-corrected chi connectivity index (χ1v) is 8.91. The van der Waals surface area contributed by atoms with Gasteiger partial charge < -0.3 is 15.4 Å². The van der Waals surface area contributed by atoms with Crippen LogP contribution in [0.1, 0.15) is 30.9 Å². The van der Waals surface area contributed by atoms with Crippen molar-refractivity contribution in [1.29, 1.82) is 5.26 Å². The van der Waals surface area contributed by atoms with Crippen molar-refractivity contribution in [2.45, 2.75) is 31.9 Å². The summed E-state index contributed by atoms with van der Waals surface area (Å²) in [7, 11) is 0. The first-order valence-electron chi connectivity index (χ1n) is 8.91. The summed E-state index contributed by atoms with van der Waals surface area (Å²) in [5.41, 5.74) is 8.64. The zero-order valence-electron chi connectivity index (χ0n) is 15.1. The molecule has 3 aromatic rings. The second-order valence-electron chi connectivity index (χ2n) is 7.15. The number of nitrogens with two attached hydrogens (primary N) is 1. The zero-order valence-corrected chi connectivity index (χ0v) is 15.1. The number of ether oxygens (including phenoxy) is 1. The molecule has 0 amide bonds.